The molecule has 2 atom stereocenters. The average Bonchev–Trinajstić information content (AvgIpc) is 2.69. The van der Waals surface area contributed by atoms with Crippen LogP contribution in [0.4, 0.5) is 13.2 Å². The van der Waals surface area contributed by atoms with Gasteiger partial charge in [-0.15, -0.1) is 11.6 Å². The van der Waals surface area contributed by atoms with Gasteiger partial charge in [0.1, 0.15) is 17.5 Å². The summed E-state index contributed by atoms with van der Waals surface area (Å²) in [5, 5.41) is 0. The Bertz CT molecular complexity index is 600. The van der Waals surface area contributed by atoms with Gasteiger partial charge in [0, 0.05) is 30.6 Å². The van der Waals surface area contributed by atoms with E-state index in [-0.39, 0.29) is 18.3 Å². The molecule has 0 aromatic heterocycles. The van der Waals surface area contributed by atoms with Gasteiger partial charge >= 0.3 is 0 Å². The number of rotatable bonds is 3. The van der Waals surface area contributed by atoms with Crippen molar-refractivity contribution in [2.75, 3.05) is 12.4 Å². The summed E-state index contributed by atoms with van der Waals surface area (Å²) in [5.41, 5.74) is 0. The summed E-state index contributed by atoms with van der Waals surface area (Å²) in [6, 6.07) is 0.182. The molecule has 1 aromatic carbocycles. The van der Waals surface area contributed by atoms with Crippen molar-refractivity contribution in [2.45, 2.75) is 24.3 Å². The van der Waals surface area contributed by atoms with E-state index in [1.807, 2.05) is 6.92 Å². The van der Waals surface area contributed by atoms with Crippen molar-refractivity contribution in [1.82, 2.24) is 4.31 Å². The van der Waals surface area contributed by atoms with Crippen LogP contribution in [-0.4, -0.2) is 31.2 Å². The predicted octanol–water partition coefficient (Wildman–Crippen LogP) is 2.74. The molecule has 1 heterocycles. The zero-order valence-corrected chi connectivity index (χ0v) is 12.2. The summed E-state index contributed by atoms with van der Waals surface area (Å²) < 4.78 is 65.9. The van der Waals surface area contributed by atoms with E-state index < -0.39 is 38.4 Å². The standard InChI is InChI=1S/C12H13ClF3NO2S/c1-7-2-3-17(11(7)6-13)20(18,19)12-9(15)4-8(14)5-10(12)16/h4-5,7,11H,2-3,6H2,1H3. The van der Waals surface area contributed by atoms with Crippen molar-refractivity contribution in [2.24, 2.45) is 5.92 Å². The van der Waals surface area contributed by atoms with Crippen LogP contribution < -0.4 is 0 Å². The molecule has 20 heavy (non-hydrogen) atoms. The lowest BCUT2D eigenvalue weighted by Crippen LogP contribution is -2.39. The molecular formula is C12H13ClF3NO2S. The zero-order valence-electron chi connectivity index (χ0n) is 10.6. The first-order chi connectivity index (χ1) is 9.28. The van der Waals surface area contributed by atoms with Crippen LogP contribution in [0.5, 0.6) is 0 Å². The third-order valence-electron chi connectivity index (χ3n) is 3.52. The van der Waals surface area contributed by atoms with E-state index >= 15 is 0 Å². The minimum absolute atomic E-state index is 0.00570. The van der Waals surface area contributed by atoms with Gasteiger partial charge in [-0.05, 0) is 12.3 Å². The highest BCUT2D eigenvalue weighted by Gasteiger charge is 2.41. The van der Waals surface area contributed by atoms with Gasteiger partial charge in [0.2, 0.25) is 10.0 Å². The summed E-state index contributed by atoms with van der Waals surface area (Å²) in [4.78, 5) is -1.12. The second-order valence-electron chi connectivity index (χ2n) is 4.80. The first-order valence-corrected chi connectivity index (χ1v) is 7.99. The summed E-state index contributed by atoms with van der Waals surface area (Å²) in [7, 11) is -4.38. The molecule has 0 N–H and O–H groups in total. The van der Waals surface area contributed by atoms with Gasteiger partial charge in [-0.1, -0.05) is 6.92 Å². The predicted molar refractivity (Wildman–Crippen MR) is 68.5 cm³/mol. The van der Waals surface area contributed by atoms with Crippen LogP contribution in [0.2, 0.25) is 0 Å². The maximum Gasteiger partial charge on any atom is 0.249 e. The Kier molecular flexibility index (Phi) is 4.32. The fourth-order valence-corrected chi connectivity index (χ4v) is 4.78. The highest BCUT2D eigenvalue weighted by atomic mass is 35.5. The van der Waals surface area contributed by atoms with E-state index in [4.69, 9.17) is 11.6 Å². The first kappa shape index (κ1) is 15.6. The number of alkyl halides is 1. The van der Waals surface area contributed by atoms with Crippen LogP contribution in [0, 0.1) is 23.4 Å². The number of halogens is 4. The molecule has 1 aromatic rings. The molecule has 2 unspecified atom stereocenters. The van der Waals surface area contributed by atoms with Gasteiger partial charge in [0.25, 0.3) is 0 Å². The number of hydrogen-bond donors (Lipinski definition) is 0. The highest BCUT2D eigenvalue weighted by molar-refractivity contribution is 7.89. The maximum atomic E-state index is 13.7. The third-order valence-corrected chi connectivity index (χ3v) is 5.81. The van der Waals surface area contributed by atoms with Crippen molar-refractivity contribution in [3.8, 4) is 0 Å². The number of benzene rings is 1. The van der Waals surface area contributed by atoms with Gasteiger partial charge in [-0.3, -0.25) is 0 Å². The van der Waals surface area contributed by atoms with Crippen LogP contribution in [0.25, 0.3) is 0 Å². The molecule has 1 saturated heterocycles. The minimum atomic E-state index is -4.38. The Morgan fingerprint density at radius 1 is 1.30 bits per heavy atom. The second kappa shape index (κ2) is 5.54. The van der Waals surface area contributed by atoms with Crippen molar-refractivity contribution >= 4 is 21.6 Å². The molecule has 1 aliphatic rings. The molecule has 3 nitrogen and oxygen atoms in total. The fraction of sp³-hybridized carbons (Fsp3) is 0.500. The highest BCUT2D eigenvalue weighted by Crippen LogP contribution is 2.32. The number of nitrogens with zero attached hydrogens (tertiary/aromatic N) is 1. The largest absolute Gasteiger partial charge is 0.249 e. The van der Waals surface area contributed by atoms with E-state index in [1.54, 1.807) is 0 Å². The summed E-state index contributed by atoms with van der Waals surface area (Å²) >= 11 is 5.74. The lowest BCUT2D eigenvalue weighted by molar-refractivity contribution is 0.369. The van der Waals surface area contributed by atoms with Gasteiger partial charge < -0.3 is 0 Å². The van der Waals surface area contributed by atoms with Crippen molar-refractivity contribution in [3.05, 3.63) is 29.6 Å². The minimum Gasteiger partial charge on any atom is -0.207 e. The van der Waals surface area contributed by atoms with Crippen molar-refractivity contribution < 1.29 is 21.6 Å². The lowest BCUT2D eigenvalue weighted by atomic mass is 10.1. The number of sulfonamides is 1. The Labute approximate surface area is 120 Å². The molecular weight excluding hydrogens is 315 g/mol. The maximum absolute atomic E-state index is 13.7. The Morgan fingerprint density at radius 3 is 2.35 bits per heavy atom. The molecule has 0 saturated carbocycles. The second-order valence-corrected chi connectivity index (χ2v) is 6.94. The molecule has 0 bridgehead atoms. The normalized spacial score (nSPS) is 24.2. The van der Waals surface area contributed by atoms with Crippen LogP contribution in [0.3, 0.4) is 0 Å². The molecule has 112 valence electrons. The van der Waals surface area contributed by atoms with E-state index in [0.717, 1.165) is 4.31 Å². The van der Waals surface area contributed by atoms with Crippen LogP contribution in [0.15, 0.2) is 17.0 Å². The van der Waals surface area contributed by atoms with Gasteiger partial charge in [-0.2, -0.15) is 4.31 Å². The molecule has 1 aliphatic heterocycles. The van der Waals surface area contributed by atoms with E-state index in [1.165, 1.54) is 0 Å². The molecule has 0 aliphatic carbocycles. The molecule has 0 spiro atoms. The zero-order chi connectivity index (χ0) is 15.1. The van der Waals surface area contributed by atoms with Crippen molar-refractivity contribution in [3.63, 3.8) is 0 Å². The SMILES string of the molecule is CC1CCN(S(=O)(=O)c2c(F)cc(F)cc2F)C1CCl. The molecule has 2 rings (SSSR count). The van der Waals surface area contributed by atoms with E-state index in [0.29, 0.717) is 18.6 Å². The number of hydrogen-bond acceptors (Lipinski definition) is 2. The smallest absolute Gasteiger partial charge is 0.207 e. The summed E-state index contributed by atoms with van der Waals surface area (Å²) in [6.07, 6.45) is 0.557. The molecule has 1 fully saturated rings. The van der Waals surface area contributed by atoms with E-state index in [9.17, 15) is 21.6 Å². The van der Waals surface area contributed by atoms with Crippen LogP contribution in [-0.2, 0) is 10.0 Å². The van der Waals surface area contributed by atoms with Crippen molar-refractivity contribution in [1.29, 1.82) is 0 Å². The average molecular weight is 328 g/mol. The third kappa shape index (κ3) is 2.54. The molecule has 0 radical (unpaired) electrons. The van der Waals surface area contributed by atoms with Gasteiger partial charge in [-0.25, -0.2) is 21.6 Å². The summed E-state index contributed by atoms with van der Waals surface area (Å²) in [6.45, 7) is 1.96. The lowest BCUT2D eigenvalue weighted by Gasteiger charge is -2.24. The topological polar surface area (TPSA) is 37.4 Å². The summed E-state index contributed by atoms with van der Waals surface area (Å²) in [5.74, 6) is -4.01. The van der Waals surface area contributed by atoms with Crippen LogP contribution >= 0.6 is 11.6 Å². The fourth-order valence-electron chi connectivity index (χ4n) is 2.39. The van der Waals surface area contributed by atoms with Gasteiger partial charge in [0.05, 0.1) is 0 Å². The Morgan fingerprint density at radius 2 is 1.85 bits per heavy atom. The molecule has 8 heteroatoms. The molecule has 0 amide bonds. The first-order valence-electron chi connectivity index (χ1n) is 6.01. The van der Waals surface area contributed by atoms with E-state index in [2.05, 4.69) is 0 Å². The Balaban J connectivity index is 2.51. The van der Waals surface area contributed by atoms with Crippen LogP contribution in [0.1, 0.15) is 13.3 Å². The Hall–Kier alpha value is -0.790. The monoisotopic (exact) mass is 327 g/mol. The van der Waals surface area contributed by atoms with Gasteiger partial charge in [0.15, 0.2) is 4.90 Å². The quantitative estimate of drug-likeness (QED) is 0.801.